The van der Waals surface area contributed by atoms with Gasteiger partial charge in [-0.1, -0.05) is 0 Å². The van der Waals surface area contributed by atoms with Gasteiger partial charge in [-0.15, -0.1) is 0 Å². The van der Waals surface area contributed by atoms with E-state index in [1.54, 1.807) is 24.5 Å². The zero-order chi connectivity index (χ0) is 12.3. The van der Waals surface area contributed by atoms with Gasteiger partial charge in [-0.25, -0.2) is 13.5 Å². The Bertz CT molecular complexity index is 535. The largest absolute Gasteiger partial charge is 0.389 e. The molecular weight excluding hydrogens is 226 g/mol. The molecule has 1 aromatic heterocycles. The molecule has 2 rings (SSSR count). The highest BCUT2D eigenvalue weighted by Gasteiger charge is 2.04. The van der Waals surface area contributed by atoms with Gasteiger partial charge < -0.3 is 5.11 Å². The van der Waals surface area contributed by atoms with Crippen molar-refractivity contribution in [2.75, 3.05) is 6.61 Å². The van der Waals surface area contributed by atoms with Crippen molar-refractivity contribution >= 4 is 6.08 Å². The van der Waals surface area contributed by atoms with Crippen LogP contribution in [0.3, 0.4) is 0 Å². The Balaban J connectivity index is 2.36. The van der Waals surface area contributed by atoms with Crippen LogP contribution in [0.25, 0.3) is 11.8 Å². The maximum absolute atomic E-state index is 13.6. The van der Waals surface area contributed by atoms with Gasteiger partial charge in [0, 0.05) is 24.0 Å². The molecule has 0 aliphatic carbocycles. The molecule has 3 nitrogen and oxygen atoms in total. The van der Waals surface area contributed by atoms with Gasteiger partial charge in [-0.2, -0.15) is 5.10 Å². The summed E-state index contributed by atoms with van der Waals surface area (Å²) in [6, 6.07) is 6.02. The summed E-state index contributed by atoms with van der Waals surface area (Å²) >= 11 is 0. The zero-order valence-corrected chi connectivity index (χ0v) is 8.85. The van der Waals surface area contributed by atoms with Crippen LogP contribution in [0.2, 0.25) is 0 Å². The molecule has 2 aromatic rings. The SMILES string of the molecule is OCC(F)=Cc1ccc(-n2cccn2)cc1F. The van der Waals surface area contributed by atoms with Crippen LogP contribution in [-0.4, -0.2) is 21.5 Å². The second-order valence-electron chi connectivity index (χ2n) is 3.41. The van der Waals surface area contributed by atoms with E-state index in [0.717, 1.165) is 6.08 Å². The summed E-state index contributed by atoms with van der Waals surface area (Å²) in [5.74, 6) is -1.35. The number of nitrogens with zero attached hydrogens (tertiary/aromatic N) is 2. The zero-order valence-electron chi connectivity index (χ0n) is 8.85. The lowest BCUT2D eigenvalue weighted by Crippen LogP contribution is -1.96. The maximum Gasteiger partial charge on any atom is 0.132 e. The topological polar surface area (TPSA) is 38.0 Å². The third-order valence-electron chi connectivity index (χ3n) is 2.22. The lowest BCUT2D eigenvalue weighted by atomic mass is 10.1. The first-order valence-electron chi connectivity index (χ1n) is 4.97. The molecule has 5 heteroatoms. The first kappa shape index (κ1) is 11.5. The molecule has 1 aromatic carbocycles. The molecule has 0 aliphatic heterocycles. The molecule has 0 radical (unpaired) electrons. The van der Waals surface area contributed by atoms with Crippen LogP contribution in [0.4, 0.5) is 8.78 Å². The molecule has 0 atom stereocenters. The molecule has 0 bridgehead atoms. The van der Waals surface area contributed by atoms with E-state index in [-0.39, 0.29) is 5.56 Å². The second-order valence-corrected chi connectivity index (χ2v) is 3.41. The molecule has 0 aliphatic rings. The van der Waals surface area contributed by atoms with Crippen molar-refractivity contribution in [3.63, 3.8) is 0 Å². The summed E-state index contributed by atoms with van der Waals surface area (Å²) in [5, 5.41) is 12.5. The van der Waals surface area contributed by atoms with E-state index in [2.05, 4.69) is 5.10 Å². The lowest BCUT2D eigenvalue weighted by Gasteiger charge is -2.03. The van der Waals surface area contributed by atoms with E-state index >= 15 is 0 Å². The molecule has 0 amide bonds. The number of hydrogen-bond donors (Lipinski definition) is 1. The first-order valence-corrected chi connectivity index (χ1v) is 4.97. The standard InChI is InChI=1S/C12H10F2N2O/c13-10(8-17)6-9-2-3-11(7-12(9)14)16-5-1-4-15-16/h1-7,17H,8H2. The van der Waals surface area contributed by atoms with Gasteiger partial charge in [-0.3, -0.25) is 0 Å². The molecule has 0 spiro atoms. The van der Waals surface area contributed by atoms with Crippen molar-refractivity contribution in [1.29, 1.82) is 0 Å². The highest BCUT2D eigenvalue weighted by atomic mass is 19.1. The van der Waals surface area contributed by atoms with E-state index < -0.39 is 18.3 Å². The van der Waals surface area contributed by atoms with Gasteiger partial charge in [0.1, 0.15) is 11.6 Å². The number of aromatic nitrogens is 2. The van der Waals surface area contributed by atoms with Crippen LogP contribution in [0.1, 0.15) is 5.56 Å². The van der Waals surface area contributed by atoms with Gasteiger partial charge in [0.05, 0.1) is 12.3 Å². The summed E-state index contributed by atoms with van der Waals surface area (Å²) in [4.78, 5) is 0. The fourth-order valence-corrected chi connectivity index (χ4v) is 1.41. The van der Waals surface area contributed by atoms with E-state index in [4.69, 9.17) is 5.11 Å². The van der Waals surface area contributed by atoms with Crippen molar-refractivity contribution in [1.82, 2.24) is 9.78 Å². The van der Waals surface area contributed by atoms with Gasteiger partial charge in [0.2, 0.25) is 0 Å². The van der Waals surface area contributed by atoms with Crippen LogP contribution in [0.15, 0.2) is 42.5 Å². The van der Waals surface area contributed by atoms with E-state index in [1.165, 1.54) is 16.8 Å². The fraction of sp³-hybridized carbons (Fsp3) is 0.0833. The highest BCUT2D eigenvalue weighted by Crippen LogP contribution is 2.16. The number of rotatable bonds is 3. The van der Waals surface area contributed by atoms with Gasteiger partial charge in [0.25, 0.3) is 0 Å². The molecule has 0 unspecified atom stereocenters. The molecule has 1 heterocycles. The number of benzene rings is 1. The Morgan fingerprint density at radius 1 is 1.47 bits per heavy atom. The maximum atomic E-state index is 13.6. The summed E-state index contributed by atoms with van der Waals surface area (Å²) in [6.45, 7) is -0.736. The molecule has 1 N–H and O–H groups in total. The number of aliphatic hydroxyl groups excluding tert-OH is 1. The first-order chi connectivity index (χ1) is 8.20. The summed E-state index contributed by atoms with van der Waals surface area (Å²) in [5.41, 5.74) is 0.640. The van der Waals surface area contributed by atoms with E-state index in [9.17, 15) is 8.78 Å². The second kappa shape index (κ2) is 4.88. The summed E-state index contributed by atoms with van der Waals surface area (Å²) in [7, 11) is 0. The van der Waals surface area contributed by atoms with Crippen molar-refractivity contribution in [3.05, 3.63) is 53.9 Å². The Morgan fingerprint density at radius 2 is 2.29 bits per heavy atom. The lowest BCUT2D eigenvalue weighted by molar-refractivity contribution is 0.300. The number of aliphatic hydroxyl groups is 1. The Labute approximate surface area is 96.6 Å². The quantitative estimate of drug-likeness (QED) is 0.888. The third-order valence-corrected chi connectivity index (χ3v) is 2.22. The fourth-order valence-electron chi connectivity index (χ4n) is 1.41. The average Bonchev–Trinajstić information content (AvgIpc) is 2.85. The monoisotopic (exact) mass is 236 g/mol. The Kier molecular flexibility index (Phi) is 3.30. The molecule has 0 saturated heterocycles. The van der Waals surface area contributed by atoms with Gasteiger partial charge >= 0.3 is 0 Å². The third kappa shape index (κ3) is 2.57. The van der Waals surface area contributed by atoms with Gasteiger partial charge in [0.15, 0.2) is 0 Å². The van der Waals surface area contributed by atoms with Crippen molar-refractivity contribution in [2.24, 2.45) is 0 Å². The van der Waals surface area contributed by atoms with Crippen molar-refractivity contribution < 1.29 is 13.9 Å². The smallest absolute Gasteiger partial charge is 0.132 e. The molecule has 0 saturated carbocycles. The Hall–Kier alpha value is -2.01. The van der Waals surface area contributed by atoms with Crippen LogP contribution >= 0.6 is 0 Å². The van der Waals surface area contributed by atoms with Crippen molar-refractivity contribution in [3.8, 4) is 5.69 Å². The van der Waals surface area contributed by atoms with E-state index in [1.807, 2.05) is 0 Å². The van der Waals surface area contributed by atoms with Crippen LogP contribution in [0.5, 0.6) is 0 Å². The van der Waals surface area contributed by atoms with Crippen LogP contribution in [-0.2, 0) is 0 Å². The number of hydrogen-bond acceptors (Lipinski definition) is 2. The summed E-state index contributed by atoms with van der Waals surface area (Å²) < 4.78 is 27.9. The molecule has 0 fully saturated rings. The molecule has 88 valence electrons. The molecular formula is C12H10F2N2O. The minimum atomic E-state index is -0.782. The normalized spacial score (nSPS) is 11.8. The number of halogens is 2. The predicted octanol–water partition coefficient (Wildman–Crippen LogP) is 2.31. The minimum absolute atomic E-state index is 0.0902. The van der Waals surface area contributed by atoms with Crippen LogP contribution in [0, 0.1) is 5.82 Å². The average molecular weight is 236 g/mol. The predicted molar refractivity (Wildman–Crippen MR) is 59.7 cm³/mol. The van der Waals surface area contributed by atoms with E-state index in [0.29, 0.717) is 5.69 Å². The highest BCUT2D eigenvalue weighted by molar-refractivity contribution is 5.54. The van der Waals surface area contributed by atoms with Crippen molar-refractivity contribution in [2.45, 2.75) is 0 Å². The minimum Gasteiger partial charge on any atom is -0.389 e. The van der Waals surface area contributed by atoms with Crippen LogP contribution < -0.4 is 0 Å². The summed E-state index contributed by atoms with van der Waals surface area (Å²) in [6.07, 6.45) is 4.22. The molecule has 17 heavy (non-hydrogen) atoms. The van der Waals surface area contributed by atoms with Gasteiger partial charge in [-0.05, 0) is 24.3 Å². The Morgan fingerprint density at radius 3 is 2.88 bits per heavy atom.